The average molecular weight is 410 g/mol. The lowest BCUT2D eigenvalue weighted by Gasteiger charge is -2.00. The van der Waals surface area contributed by atoms with Crippen LogP contribution in [0, 0.1) is 0 Å². The molecule has 0 aliphatic rings. The van der Waals surface area contributed by atoms with Crippen LogP contribution in [-0.2, 0) is 22.8 Å². The minimum absolute atomic E-state index is 0.0873. The van der Waals surface area contributed by atoms with Crippen LogP contribution < -0.4 is 5.14 Å². The number of benzene rings is 2. The van der Waals surface area contributed by atoms with E-state index in [1.54, 1.807) is 48.3 Å². The van der Waals surface area contributed by atoms with Gasteiger partial charge in [-0.25, -0.2) is 18.5 Å². The van der Waals surface area contributed by atoms with Crippen LogP contribution in [0.2, 0.25) is 0 Å². The fourth-order valence-electron chi connectivity index (χ4n) is 3.15. The van der Waals surface area contributed by atoms with E-state index in [4.69, 9.17) is 9.56 Å². The van der Waals surface area contributed by atoms with Gasteiger partial charge >= 0.3 is 0 Å². The van der Waals surface area contributed by atoms with Gasteiger partial charge in [-0.05, 0) is 35.9 Å². The van der Waals surface area contributed by atoms with Crippen LogP contribution in [0.1, 0.15) is 11.1 Å². The van der Waals surface area contributed by atoms with Crippen molar-refractivity contribution >= 4 is 32.8 Å². The number of hydrogen-bond acceptors (Lipinski definition) is 6. The van der Waals surface area contributed by atoms with Crippen molar-refractivity contribution in [3.8, 4) is 17.2 Å². The molecule has 0 radical (unpaired) electrons. The molecule has 2 aromatic heterocycles. The summed E-state index contributed by atoms with van der Waals surface area (Å²) in [5, 5.41) is 16.4. The van der Waals surface area contributed by atoms with E-state index in [2.05, 4.69) is 9.98 Å². The standard InChI is InChI=1S/C20H18N4O4S/c1-24-18-7-4-14(19-10-22-12-28-19)8-16(18)17(20(24)25)9-23-15-5-2-13(3-6-15)11-29(21,26)27/h2-10,12,25H,11H2,1H3,(H2,21,26,27). The van der Waals surface area contributed by atoms with Crippen LogP contribution in [0.25, 0.3) is 22.2 Å². The molecule has 4 aromatic rings. The number of nitrogens with zero attached hydrogens (tertiary/aromatic N) is 3. The first-order chi connectivity index (χ1) is 13.8. The third-order valence-electron chi connectivity index (χ3n) is 4.57. The van der Waals surface area contributed by atoms with E-state index in [1.165, 1.54) is 6.39 Å². The van der Waals surface area contributed by atoms with Gasteiger partial charge < -0.3 is 14.1 Å². The normalized spacial score (nSPS) is 12.2. The van der Waals surface area contributed by atoms with Gasteiger partial charge in [0.25, 0.3) is 0 Å². The van der Waals surface area contributed by atoms with Crippen LogP contribution in [0.5, 0.6) is 5.88 Å². The van der Waals surface area contributed by atoms with Crippen LogP contribution >= 0.6 is 0 Å². The second-order valence-electron chi connectivity index (χ2n) is 6.63. The molecule has 0 aliphatic carbocycles. The zero-order chi connectivity index (χ0) is 20.6. The third-order valence-corrected chi connectivity index (χ3v) is 5.31. The highest BCUT2D eigenvalue weighted by atomic mass is 32.2. The highest BCUT2D eigenvalue weighted by Crippen LogP contribution is 2.33. The maximum Gasteiger partial charge on any atom is 0.213 e. The summed E-state index contributed by atoms with van der Waals surface area (Å²) in [6, 6.07) is 12.4. The van der Waals surface area contributed by atoms with Crippen LogP contribution in [-0.4, -0.2) is 29.3 Å². The summed E-state index contributed by atoms with van der Waals surface area (Å²) in [6.45, 7) is 0. The molecule has 3 N–H and O–H groups in total. The summed E-state index contributed by atoms with van der Waals surface area (Å²) in [4.78, 5) is 8.35. The zero-order valence-corrected chi connectivity index (χ0v) is 16.3. The number of hydrogen-bond donors (Lipinski definition) is 2. The molecular weight excluding hydrogens is 392 g/mol. The second-order valence-corrected chi connectivity index (χ2v) is 8.24. The smallest absolute Gasteiger partial charge is 0.213 e. The van der Waals surface area contributed by atoms with Crippen molar-refractivity contribution in [3.63, 3.8) is 0 Å². The first-order valence-corrected chi connectivity index (χ1v) is 10.4. The van der Waals surface area contributed by atoms with Gasteiger partial charge in [-0.15, -0.1) is 0 Å². The van der Waals surface area contributed by atoms with E-state index in [1.807, 2.05) is 18.2 Å². The minimum Gasteiger partial charge on any atom is -0.494 e. The summed E-state index contributed by atoms with van der Waals surface area (Å²) < 4.78 is 29.4. The summed E-state index contributed by atoms with van der Waals surface area (Å²) >= 11 is 0. The Hall–Kier alpha value is -3.43. The molecule has 2 heterocycles. The maximum atomic E-state index is 11.2. The number of aliphatic imine (C=N–C) groups is 1. The largest absolute Gasteiger partial charge is 0.494 e. The molecule has 0 aliphatic heterocycles. The molecule has 0 spiro atoms. The first kappa shape index (κ1) is 18.9. The quantitative estimate of drug-likeness (QED) is 0.489. The molecule has 0 unspecified atom stereocenters. The van der Waals surface area contributed by atoms with Crippen molar-refractivity contribution in [2.45, 2.75) is 5.75 Å². The molecule has 0 atom stereocenters. The number of sulfonamides is 1. The number of primary sulfonamides is 1. The number of aromatic hydroxyl groups is 1. The van der Waals surface area contributed by atoms with Crippen molar-refractivity contribution in [1.29, 1.82) is 0 Å². The Labute approximate surface area is 167 Å². The van der Waals surface area contributed by atoms with Crippen molar-refractivity contribution in [2.75, 3.05) is 0 Å². The molecule has 4 rings (SSSR count). The van der Waals surface area contributed by atoms with Crippen molar-refractivity contribution in [1.82, 2.24) is 9.55 Å². The summed E-state index contributed by atoms with van der Waals surface area (Å²) in [7, 11) is -1.81. The molecule has 0 fully saturated rings. The van der Waals surface area contributed by atoms with Crippen molar-refractivity contribution < 1.29 is 17.9 Å². The van der Waals surface area contributed by atoms with Crippen LogP contribution in [0.4, 0.5) is 5.69 Å². The molecule has 9 heteroatoms. The Morgan fingerprint density at radius 3 is 2.66 bits per heavy atom. The van der Waals surface area contributed by atoms with Crippen molar-refractivity contribution in [2.24, 2.45) is 17.2 Å². The van der Waals surface area contributed by atoms with Gasteiger partial charge in [0.15, 0.2) is 12.2 Å². The number of oxazole rings is 1. The first-order valence-electron chi connectivity index (χ1n) is 8.65. The molecule has 29 heavy (non-hydrogen) atoms. The Kier molecular flexibility index (Phi) is 4.69. The highest BCUT2D eigenvalue weighted by Gasteiger charge is 2.14. The van der Waals surface area contributed by atoms with Crippen LogP contribution in [0.15, 0.2) is 64.5 Å². The summed E-state index contributed by atoms with van der Waals surface area (Å²) in [6.07, 6.45) is 4.57. The highest BCUT2D eigenvalue weighted by molar-refractivity contribution is 7.88. The van der Waals surface area contributed by atoms with Crippen LogP contribution in [0.3, 0.4) is 0 Å². The van der Waals surface area contributed by atoms with Gasteiger partial charge in [0, 0.05) is 24.2 Å². The molecule has 0 saturated heterocycles. The zero-order valence-electron chi connectivity index (χ0n) is 15.5. The van der Waals surface area contributed by atoms with Crippen molar-refractivity contribution in [3.05, 3.63) is 66.2 Å². The van der Waals surface area contributed by atoms with Gasteiger partial charge in [-0.2, -0.15) is 0 Å². The molecule has 2 aromatic carbocycles. The Morgan fingerprint density at radius 2 is 2.00 bits per heavy atom. The Balaban J connectivity index is 1.70. The van der Waals surface area contributed by atoms with Gasteiger partial charge in [-0.1, -0.05) is 12.1 Å². The lowest BCUT2D eigenvalue weighted by atomic mass is 10.1. The lowest BCUT2D eigenvalue weighted by Crippen LogP contribution is -2.14. The minimum atomic E-state index is -3.58. The van der Waals surface area contributed by atoms with E-state index < -0.39 is 10.0 Å². The lowest BCUT2D eigenvalue weighted by molar-refractivity contribution is 0.434. The maximum absolute atomic E-state index is 11.2. The van der Waals surface area contributed by atoms with Gasteiger partial charge in [-0.3, -0.25) is 4.99 Å². The molecule has 148 valence electrons. The average Bonchev–Trinajstić information content (AvgIpc) is 3.29. The fraction of sp³-hybridized carbons (Fsp3) is 0.100. The SMILES string of the molecule is Cn1c(O)c(C=Nc2ccc(CS(N)(=O)=O)cc2)c2cc(-c3cnco3)ccc21. The monoisotopic (exact) mass is 410 g/mol. The predicted octanol–water partition coefficient (Wildman–Crippen LogP) is 3.08. The Bertz CT molecular complexity index is 1310. The third kappa shape index (κ3) is 3.91. The van der Waals surface area contributed by atoms with E-state index in [0.29, 0.717) is 22.6 Å². The fourth-order valence-corrected chi connectivity index (χ4v) is 3.81. The topological polar surface area (TPSA) is 124 Å². The van der Waals surface area contributed by atoms with Gasteiger partial charge in [0.2, 0.25) is 15.9 Å². The number of aromatic nitrogens is 2. The number of aryl methyl sites for hydroxylation is 1. The number of nitrogens with two attached hydrogens (primary N) is 1. The second kappa shape index (κ2) is 7.19. The van der Waals surface area contributed by atoms with Gasteiger partial charge in [0.05, 0.1) is 28.7 Å². The number of fused-ring (bicyclic) bond motifs is 1. The van der Waals surface area contributed by atoms with E-state index in [0.717, 1.165) is 16.5 Å². The molecule has 8 nitrogen and oxygen atoms in total. The van der Waals surface area contributed by atoms with E-state index >= 15 is 0 Å². The molecule has 0 saturated carbocycles. The van der Waals surface area contributed by atoms with E-state index in [9.17, 15) is 13.5 Å². The number of rotatable bonds is 5. The Morgan fingerprint density at radius 1 is 1.24 bits per heavy atom. The predicted molar refractivity (Wildman–Crippen MR) is 111 cm³/mol. The van der Waals surface area contributed by atoms with E-state index in [-0.39, 0.29) is 11.6 Å². The molecule has 0 amide bonds. The summed E-state index contributed by atoms with van der Waals surface area (Å²) in [5.41, 5.74) is 3.44. The molecule has 0 bridgehead atoms. The van der Waals surface area contributed by atoms with Gasteiger partial charge in [0.1, 0.15) is 0 Å². The summed E-state index contributed by atoms with van der Waals surface area (Å²) in [5.74, 6) is 0.485. The molecular formula is C20H18N4O4S.